The van der Waals surface area contributed by atoms with Crippen molar-refractivity contribution in [3.8, 4) is 0 Å². The van der Waals surface area contributed by atoms with Crippen LogP contribution in [0.25, 0.3) is 0 Å². The molecule has 0 aliphatic carbocycles. The molecular formula is C30H57LuO6. The average Bonchev–Trinajstić information content (AvgIpc) is 2.82. The summed E-state index contributed by atoms with van der Waals surface area (Å²) in [5, 5.41) is 32.0. The van der Waals surface area contributed by atoms with E-state index < -0.39 is 34.2 Å². The van der Waals surface area contributed by atoms with Gasteiger partial charge in [-0.2, -0.15) is 0 Å². The van der Waals surface area contributed by atoms with Gasteiger partial charge < -0.3 is 29.7 Å². The van der Waals surface area contributed by atoms with Gasteiger partial charge in [-0.05, 0) is 32.1 Å². The minimum atomic E-state index is -0.931. The van der Waals surface area contributed by atoms with Crippen molar-refractivity contribution in [1.82, 2.24) is 0 Å². The van der Waals surface area contributed by atoms with Gasteiger partial charge in [0.2, 0.25) is 0 Å². The minimum absolute atomic E-state index is 0. The average molecular weight is 689 g/mol. The van der Waals surface area contributed by atoms with Crippen LogP contribution in [0.15, 0.2) is 0 Å². The molecule has 7 heteroatoms. The molecule has 0 fully saturated rings. The fourth-order valence-corrected chi connectivity index (χ4v) is 3.47. The zero-order chi connectivity index (χ0) is 28.8. The molecule has 0 rings (SSSR count). The fourth-order valence-electron chi connectivity index (χ4n) is 3.47. The summed E-state index contributed by atoms with van der Waals surface area (Å²) >= 11 is 0. The summed E-state index contributed by atoms with van der Waals surface area (Å²) < 4.78 is 0. The summed E-state index contributed by atoms with van der Waals surface area (Å²) in [6.07, 6.45) is 14.6. The van der Waals surface area contributed by atoms with E-state index in [1.807, 2.05) is 13.8 Å². The molecule has 2 atom stereocenters. The standard InChI is InChI=1S/3C10H20O2.Lu/c1-4-5-6-7-8-10(2,3)9(11)12;2*1-4-6-7-8-10(3,5-2)9(11)12;/h3*4-8H2,1-3H3,(H,11,12);/q;;;+3/p-3. The predicted octanol–water partition coefficient (Wildman–Crippen LogP) is 5.20. The maximum absolute atomic E-state index is 10.7. The zero-order valence-corrected chi connectivity index (χ0v) is 27.0. The quantitative estimate of drug-likeness (QED) is 0.183. The first kappa shape index (κ1) is 43.7. The Morgan fingerprint density at radius 2 is 0.784 bits per heavy atom. The Morgan fingerprint density at radius 1 is 0.486 bits per heavy atom. The van der Waals surface area contributed by atoms with Crippen molar-refractivity contribution in [1.29, 1.82) is 0 Å². The molecule has 0 saturated carbocycles. The van der Waals surface area contributed by atoms with E-state index in [1.54, 1.807) is 27.7 Å². The van der Waals surface area contributed by atoms with E-state index >= 15 is 0 Å². The van der Waals surface area contributed by atoms with Crippen molar-refractivity contribution in [2.75, 3.05) is 0 Å². The molecule has 0 aliphatic rings. The number of aliphatic carboxylic acids is 3. The number of carboxylic acids is 3. The molecule has 0 amide bonds. The van der Waals surface area contributed by atoms with Crippen LogP contribution in [0.3, 0.4) is 0 Å². The summed E-state index contributed by atoms with van der Waals surface area (Å²) in [6, 6.07) is 0. The Labute approximate surface area is 258 Å². The van der Waals surface area contributed by atoms with E-state index in [0.717, 1.165) is 70.6 Å². The predicted molar refractivity (Wildman–Crippen MR) is 143 cm³/mol. The van der Waals surface area contributed by atoms with Crippen LogP contribution in [0.5, 0.6) is 0 Å². The smallest absolute Gasteiger partial charge is 0.550 e. The van der Waals surface area contributed by atoms with Gasteiger partial charge in [0.25, 0.3) is 0 Å². The van der Waals surface area contributed by atoms with Gasteiger partial charge >= 0.3 is 36.9 Å². The van der Waals surface area contributed by atoms with Crippen molar-refractivity contribution in [2.24, 2.45) is 16.2 Å². The molecule has 6 nitrogen and oxygen atoms in total. The molecule has 228 valence electrons. The van der Waals surface area contributed by atoms with Crippen LogP contribution >= 0.6 is 0 Å². The maximum Gasteiger partial charge on any atom is 3.00 e. The third-order valence-corrected chi connectivity index (χ3v) is 7.42. The first-order valence-corrected chi connectivity index (χ1v) is 14.3. The van der Waals surface area contributed by atoms with Crippen LogP contribution in [-0.2, 0) is 14.4 Å². The van der Waals surface area contributed by atoms with Crippen LogP contribution in [0.1, 0.15) is 159 Å². The fraction of sp³-hybridized carbons (Fsp3) is 0.900. The molecule has 0 aromatic carbocycles. The van der Waals surface area contributed by atoms with E-state index in [-0.39, 0.29) is 36.9 Å². The van der Waals surface area contributed by atoms with Crippen LogP contribution in [0.2, 0.25) is 0 Å². The van der Waals surface area contributed by atoms with Gasteiger partial charge in [-0.3, -0.25) is 0 Å². The molecule has 0 saturated heterocycles. The van der Waals surface area contributed by atoms with Crippen LogP contribution in [0, 0.1) is 53.1 Å². The molecule has 0 radical (unpaired) electrons. The second-order valence-electron chi connectivity index (χ2n) is 11.3. The SMILES string of the molecule is CCCCCC(C)(CC)C(=O)[O-].CCCCCC(C)(CC)C(=O)[O-].CCCCCCC(C)(C)C(=O)[O-].[Lu+3]. The number of hydrogen-bond acceptors (Lipinski definition) is 6. The van der Waals surface area contributed by atoms with E-state index in [2.05, 4.69) is 20.8 Å². The normalized spacial score (nSPS) is 13.9. The largest absolute Gasteiger partial charge is 3.00 e. The molecular weight excluding hydrogens is 631 g/mol. The number of unbranched alkanes of at least 4 members (excludes halogenated alkanes) is 7. The third kappa shape index (κ3) is 22.2. The number of carbonyl (C=O) groups is 3. The molecule has 0 aliphatic heterocycles. The summed E-state index contributed by atoms with van der Waals surface area (Å²) in [5.74, 6) is -2.73. The van der Waals surface area contributed by atoms with Gasteiger partial charge in [0.05, 0.1) is 0 Å². The number of rotatable bonds is 18. The van der Waals surface area contributed by atoms with Gasteiger partial charge in [0.1, 0.15) is 0 Å². The zero-order valence-electron chi connectivity index (χ0n) is 25.3. The van der Waals surface area contributed by atoms with Crippen molar-refractivity contribution in [3.05, 3.63) is 0 Å². The molecule has 0 bridgehead atoms. The maximum atomic E-state index is 10.7. The molecule has 0 spiro atoms. The van der Waals surface area contributed by atoms with Crippen molar-refractivity contribution in [3.63, 3.8) is 0 Å². The van der Waals surface area contributed by atoms with Crippen LogP contribution < -0.4 is 15.3 Å². The Kier molecular flexibility index (Phi) is 29.1. The number of carboxylic acid groups (broad SMARTS) is 3. The molecule has 37 heavy (non-hydrogen) atoms. The van der Waals surface area contributed by atoms with E-state index in [9.17, 15) is 29.7 Å². The topological polar surface area (TPSA) is 120 Å². The van der Waals surface area contributed by atoms with Crippen molar-refractivity contribution in [2.45, 2.75) is 159 Å². The first-order chi connectivity index (χ1) is 16.6. The van der Waals surface area contributed by atoms with Crippen molar-refractivity contribution >= 4 is 17.9 Å². The van der Waals surface area contributed by atoms with Gasteiger partial charge in [-0.1, -0.05) is 127 Å². The molecule has 2 unspecified atom stereocenters. The molecule has 0 heterocycles. The van der Waals surface area contributed by atoms with Crippen LogP contribution in [-0.4, -0.2) is 17.9 Å². The molecule has 0 N–H and O–H groups in total. The Hall–Kier alpha value is -0.356. The Balaban J connectivity index is -0.000000218. The summed E-state index contributed by atoms with van der Waals surface area (Å²) in [6.45, 7) is 17.2. The molecule has 0 aromatic rings. The van der Waals surface area contributed by atoms with Gasteiger partial charge in [-0.15, -0.1) is 0 Å². The van der Waals surface area contributed by atoms with Gasteiger partial charge in [0, 0.05) is 34.2 Å². The second kappa shape index (κ2) is 24.7. The Bertz CT molecular complexity index is 559. The monoisotopic (exact) mass is 688 g/mol. The summed E-state index contributed by atoms with van der Waals surface area (Å²) in [7, 11) is 0. The van der Waals surface area contributed by atoms with Crippen LogP contribution in [0.4, 0.5) is 0 Å². The van der Waals surface area contributed by atoms with E-state index in [0.29, 0.717) is 12.8 Å². The summed E-state index contributed by atoms with van der Waals surface area (Å²) in [4.78, 5) is 32.0. The Morgan fingerprint density at radius 3 is 1.03 bits per heavy atom. The van der Waals surface area contributed by atoms with Crippen molar-refractivity contribution < 1.29 is 66.6 Å². The number of carbonyl (C=O) groups excluding carboxylic acids is 3. The van der Waals surface area contributed by atoms with Gasteiger partial charge in [-0.25, -0.2) is 0 Å². The van der Waals surface area contributed by atoms with E-state index in [1.165, 1.54) is 12.8 Å². The number of hydrogen-bond donors (Lipinski definition) is 0. The third-order valence-electron chi connectivity index (χ3n) is 7.42. The van der Waals surface area contributed by atoms with E-state index in [4.69, 9.17) is 0 Å². The summed E-state index contributed by atoms with van der Waals surface area (Å²) in [5.41, 5.74) is -1.85. The molecule has 0 aromatic heterocycles. The first-order valence-electron chi connectivity index (χ1n) is 14.3. The minimum Gasteiger partial charge on any atom is -0.550 e. The second-order valence-corrected chi connectivity index (χ2v) is 11.3. The van der Waals surface area contributed by atoms with Gasteiger partial charge in [0.15, 0.2) is 0 Å².